The first-order chi connectivity index (χ1) is 19.4. The maximum absolute atomic E-state index is 14.2. The van der Waals surface area contributed by atoms with Crippen LogP contribution in [-0.4, -0.2) is 60.0 Å². The minimum absolute atomic E-state index is 0.0407. The normalized spacial score (nSPS) is 26.2. The minimum atomic E-state index is -0.422. The van der Waals surface area contributed by atoms with Gasteiger partial charge in [0.2, 0.25) is 5.88 Å². The van der Waals surface area contributed by atoms with Crippen molar-refractivity contribution < 1.29 is 9.53 Å². The summed E-state index contributed by atoms with van der Waals surface area (Å²) in [5, 5.41) is 10.3. The minimum Gasteiger partial charge on any atom is -0.476 e. The molecular formula is C30H39N7O2S. The molecule has 0 amide bonds. The molecule has 2 unspecified atom stereocenters. The van der Waals surface area contributed by atoms with Crippen LogP contribution >= 0.6 is 11.3 Å². The molecule has 2 aromatic rings. The standard InChI is InChI=1S/C30H39N7O2S/c1-3-6-21(28(38)20-8-4-9-23-26(20)22(13-31)29(33)40-23)27(32)30-34-24(37-14-17-11-18(17)15-37)12-25(35-30)39-16-19-7-5-10-36(19)2/h12,17-20H,3-11,14-16,32-33H2,1-2H3/b27-21-/t17?,18?,19-,20-/m0/s1. The van der Waals surface area contributed by atoms with E-state index in [9.17, 15) is 10.1 Å². The van der Waals surface area contributed by atoms with Crippen molar-refractivity contribution in [2.45, 2.75) is 70.3 Å². The highest BCUT2D eigenvalue weighted by Crippen LogP contribution is 2.47. The first-order valence-corrected chi connectivity index (χ1v) is 15.5. The van der Waals surface area contributed by atoms with Crippen molar-refractivity contribution in [1.82, 2.24) is 14.9 Å². The van der Waals surface area contributed by atoms with E-state index >= 15 is 0 Å². The molecule has 1 saturated carbocycles. The monoisotopic (exact) mass is 561 g/mol. The van der Waals surface area contributed by atoms with Gasteiger partial charge in [-0.3, -0.25) is 4.79 Å². The molecule has 4 atom stereocenters. The number of nitriles is 1. The summed E-state index contributed by atoms with van der Waals surface area (Å²) in [5.74, 6) is 2.70. The highest BCUT2D eigenvalue weighted by Gasteiger charge is 2.45. The lowest BCUT2D eigenvalue weighted by Gasteiger charge is -2.24. The molecule has 6 rings (SSSR count). The van der Waals surface area contributed by atoms with Crippen LogP contribution in [0.25, 0.3) is 5.70 Å². The molecule has 0 spiro atoms. The molecule has 212 valence electrons. The second kappa shape index (κ2) is 11.0. The smallest absolute Gasteiger partial charge is 0.219 e. The Bertz CT molecular complexity index is 1370. The van der Waals surface area contributed by atoms with Gasteiger partial charge in [0, 0.05) is 41.6 Å². The number of nitrogens with zero attached hydrogens (tertiary/aromatic N) is 5. The molecule has 0 bridgehead atoms. The number of carbonyl (C=O) groups excluding carboxylic acids is 1. The zero-order chi connectivity index (χ0) is 28.0. The molecule has 4 heterocycles. The lowest BCUT2D eigenvalue weighted by atomic mass is 9.79. The Morgan fingerprint density at radius 2 is 2.05 bits per heavy atom. The van der Waals surface area contributed by atoms with E-state index in [-0.39, 0.29) is 5.78 Å². The van der Waals surface area contributed by atoms with Gasteiger partial charge < -0.3 is 26.0 Å². The van der Waals surface area contributed by atoms with E-state index in [4.69, 9.17) is 26.2 Å². The number of likely N-dealkylation sites (N-methyl/N-ethyl adjacent to an activating group) is 1. The quantitative estimate of drug-likeness (QED) is 0.434. The number of aromatic nitrogens is 2. The van der Waals surface area contributed by atoms with Gasteiger partial charge in [0.1, 0.15) is 23.5 Å². The van der Waals surface area contributed by atoms with E-state index in [1.807, 2.05) is 13.0 Å². The van der Waals surface area contributed by atoms with E-state index in [2.05, 4.69) is 22.9 Å². The molecular weight excluding hydrogens is 522 g/mol. The van der Waals surface area contributed by atoms with Crippen LogP contribution < -0.4 is 21.1 Å². The van der Waals surface area contributed by atoms with Gasteiger partial charge in [-0.25, -0.2) is 4.98 Å². The predicted molar refractivity (Wildman–Crippen MR) is 157 cm³/mol. The van der Waals surface area contributed by atoms with Gasteiger partial charge in [-0.15, -0.1) is 11.3 Å². The zero-order valence-electron chi connectivity index (χ0n) is 23.5. The molecule has 2 aromatic heterocycles. The number of hydrogen-bond donors (Lipinski definition) is 2. The van der Waals surface area contributed by atoms with Crippen LogP contribution in [0, 0.1) is 23.2 Å². The number of carbonyl (C=O) groups is 1. The number of piperidine rings is 1. The Hall–Kier alpha value is -3.16. The summed E-state index contributed by atoms with van der Waals surface area (Å²) in [6.07, 6.45) is 7.25. The highest BCUT2D eigenvalue weighted by molar-refractivity contribution is 7.16. The summed E-state index contributed by atoms with van der Waals surface area (Å²) in [4.78, 5) is 29.5. The number of allylic oxidation sites excluding steroid dienone is 1. The lowest BCUT2D eigenvalue weighted by molar-refractivity contribution is -0.117. The summed E-state index contributed by atoms with van der Waals surface area (Å²) < 4.78 is 6.25. The van der Waals surface area contributed by atoms with Crippen molar-refractivity contribution in [1.29, 1.82) is 5.26 Å². The van der Waals surface area contributed by atoms with E-state index in [1.165, 1.54) is 24.2 Å². The SMILES string of the molecule is CCC/C(C(=O)[C@H]1CCCc2sc(N)c(C#N)c21)=C(/N)c1nc(OC[C@@H]2CCCN2C)cc(N2CC3CC3C2)n1. The third-order valence-electron chi connectivity index (χ3n) is 9.17. The van der Waals surface area contributed by atoms with Gasteiger partial charge in [0.25, 0.3) is 0 Å². The Morgan fingerprint density at radius 1 is 1.25 bits per heavy atom. The molecule has 2 aliphatic carbocycles. The van der Waals surface area contributed by atoms with Crippen LogP contribution in [-0.2, 0) is 11.2 Å². The summed E-state index contributed by atoms with van der Waals surface area (Å²) >= 11 is 1.44. The van der Waals surface area contributed by atoms with E-state index in [0.717, 1.165) is 73.4 Å². The van der Waals surface area contributed by atoms with Crippen LogP contribution in [0.2, 0.25) is 0 Å². The molecule has 3 fully saturated rings. The topological polar surface area (TPSA) is 134 Å². The van der Waals surface area contributed by atoms with Gasteiger partial charge in [0.15, 0.2) is 11.6 Å². The average Bonchev–Trinajstić information content (AvgIpc) is 3.25. The number of ether oxygens (including phenoxy) is 1. The molecule has 40 heavy (non-hydrogen) atoms. The number of fused-ring (bicyclic) bond motifs is 2. The summed E-state index contributed by atoms with van der Waals surface area (Å²) in [5.41, 5.74) is 15.1. The van der Waals surface area contributed by atoms with E-state index in [1.54, 1.807) is 0 Å². The van der Waals surface area contributed by atoms with Crippen molar-refractivity contribution in [3.8, 4) is 11.9 Å². The Kier molecular flexibility index (Phi) is 7.44. The third-order valence-corrected chi connectivity index (χ3v) is 10.3. The number of ketones is 1. The average molecular weight is 562 g/mol. The van der Waals surface area contributed by atoms with Crippen LogP contribution in [0.4, 0.5) is 10.8 Å². The summed E-state index contributed by atoms with van der Waals surface area (Å²) in [6, 6.07) is 4.54. The number of Topliss-reactive ketones (excluding diaryl/α,β-unsaturated/α-hetero) is 1. The molecule has 0 aromatic carbocycles. The molecule has 9 nitrogen and oxygen atoms in total. The molecule has 4 N–H and O–H groups in total. The number of aryl methyl sites for hydroxylation is 1. The maximum Gasteiger partial charge on any atom is 0.219 e. The molecule has 0 radical (unpaired) electrons. The second-order valence-electron chi connectivity index (χ2n) is 11.9. The van der Waals surface area contributed by atoms with Crippen LogP contribution in [0.5, 0.6) is 5.88 Å². The first-order valence-electron chi connectivity index (χ1n) is 14.7. The number of nitrogens with two attached hydrogens (primary N) is 2. The fraction of sp³-hybridized carbons (Fsp3) is 0.600. The number of anilines is 2. The molecule has 4 aliphatic rings. The van der Waals surface area contributed by atoms with Crippen molar-refractivity contribution in [2.24, 2.45) is 17.6 Å². The van der Waals surface area contributed by atoms with Gasteiger partial charge in [0.05, 0.1) is 11.3 Å². The third kappa shape index (κ3) is 5.06. The lowest BCUT2D eigenvalue weighted by Crippen LogP contribution is -2.31. The maximum atomic E-state index is 14.2. The molecule has 2 aliphatic heterocycles. The van der Waals surface area contributed by atoms with Gasteiger partial charge in [-0.05, 0) is 75.9 Å². The predicted octanol–water partition coefficient (Wildman–Crippen LogP) is 4.08. The summed E-state index contributed by atoms with van der Waals surface area (Å²) in [7, 11) is 2.13. The fourth-order valence-electron chi connectivity index (χ4n) is 6.77. The van der Waals surface area contributed by atoms with Crippen molar-refractivity contribution in [3.05, 3.63) is 33.5 Å². The number of nitrogen functional groups attached to an aromatic ring is 1. The van der Waals surface area contributed by atoms with Crippen molar-refractivity contribution in [3.63, 3.8) is 0 Å². The fourth-order valence-corrected chi connectivity index (χ4v) is 7.89. The second-order valence-corrected chi connectivity index (χ2v) is 13.0. The summed E-state index contributed by atoms with van der Waals surface area (Å²) in [6.45, 7) is 5.64. The highest BCUT2D eigenvalue weighted by atomic mass is 32.1. The van der Waals surface area contributed by atoms with Gasteiger partial charge >= 0.3 is 0 Å². The largest absolute Gasteiger partial charge is 0.476 e. The Balaban J connectivity index is 1.35. The van der Waals surface area contributed by atoms with Gasteiger partial charge in [-0.1, -0.05) is 13.3 Å². The van der Waals surface area contributed by atoms with Crippen LogP contribution in [0.3, 0.4) is 0 Å². The Labute approximate surface area is 240 Å². The zero-order valence-corrected chi connectivity index (χ0v) is 24.3. The molecule has 2 saturated heterocycles. The number of hydrogen-bond acceptors (Lipinski definition) is 10. The number of likely N-dealkylation sites (tertiary alicyclic amines) is 1. The van der Waals surface area contributed by atoms with Crippen molar-refractivity contribution >= 4 is 33.6 Å². The van der Waals surface area contributed by atoms with E-state index in [0.29, 0.717) is 59.0 Å². The van der Waals surface area contributed by atoms with E-state index < -0.39 is 5.92 Å². The van der Waals surface area contributed by atoms with Gasteiger partial charge in [-0.2, -0.15) is 10.2 Å². The number of thiophene rings is 1. The van der Waals surface area contributed by atoms with Crippen LogP contribution in [0.15, 0.2) is 11.6 Å². The van der Waals surface area contributed by atoms with Crippen LogP contribution in [0.1, 0.15) is 79.6 Å². The molecule has 10 heteroatoms. The number of rotatable bonds is 9. The van der Waals surface area contributed by atoms with Crippen molar-refractivity contribution in [2.75, 3.05) is 43.9 Å². The first kappa shape index (κ1) is 27.0. The Morgan fingerprint density at radius 3 is 2.75 bits per heavy atom.